The topological polar surface area (TPSA) is 110 Å². The zero-order valence-electron chi connectivity index (χ0n) is 17.4. The van der Waals surface area contributed by atoms with Crippen molar-refractivity contribution >= 4 is 11.7 Å². The number of methoxy groups -OCH3 is 1. The minimum absolute atomic E-state index is 0.174. The van der Waals surface area contributed by atoms with E-state index in [0.29, 0.717) is 12.1 Å². The number of hydrogen-bond acceptors (Lipinski definition) is 6. The molecule has 3 aromatic carbocycles. The summed E-state index contributed by atoms with van der Waals surface area (Å²) in [5.41, 5.74) is 3.71. The van der Waals surface area contributed by atoms with Gasteiger partial charge >= 0.3 is 12.1 Å². The van der Waals surface area contributed by atoms with E-state index < -0.39 is 18.1 Å². The lowest BCUT2D eigenvalue weighted by atomic mass is 10.1. The van der Waals surface area contributed by atoms with E-state index in [1.807, 2.05) is 78.9 Å². The fourth-order valence-electron chi connectivity index (χ4n) is 3.27. The fraction of sp³-hybridized carbons (Fsp3) is 0.125. The van der Waals surface area contributed by atoms with Gasteiger partial charge in [0, 0.05) is 12.1 Å². The Kier molecular flexibility index (Phi) is 6.31. The molecule has 0 aliphatic heterocycles. The molecule has 8 heteroatoms. The average molecular weight is 430 g/mol. The van der Waals surface area contributed by atoms with E-state index in [1.165, 1.54) is 0 Å². The van der Waals surface area contributed by atoms with Crippen molar-refractivity contribution in [2.75, 3.05) is 12.4 Å². The zero-order chi connectivity index (χ0) is 22.3. The highest BCUT2D eigenvalue weighted by Gasteiger charge is 2.21. The van der Waals surface area contributed by atoms with Gasteiger partial charge in [0.2, 0.25) is 0 Å². The molecular formula is C24H22N4O4. The molecule has 3 N–H and O–H groups in total. The van der Waals surface area contributed by atoms with Crippen LogP contribution in [0.4, 0.5) is 10.5 Å². The van der Waals surface area contributed by atoms with E-state index in [-0.39, 0.29) is 5.82 Å². The van der Waals surface area contributed by atoms with Gasteiger partial charge < -0.3 is 20.5 Å². The number of nitrogens with one attached hydrogen (secondary N) is 2. The molecule has 4 rings (SSSR count). The molecule has 162 valence electrons. The van der Waals surface area contributed by atoms with Crippen molar-refractivity contribution in [3.05, 3.63) is 90.3 Å². The van der Waals surface area contributed by atoms with Crippen molar-refractivity contribution in [2.45, 2.75) is 12.5 Å². The second-order valence-electron chi connectivity index (χ2n) is 7.08. The van der Waals surface area contributed by atoms with Gasteiger partial charge in [-0.05, 0) is 41.0 Å². The number of aromatic hydroxyl groups is 1. The second-order valence-corrected chi connectivity index (χ2v) is 7.08. The largest absolute Gasteiger partial charge is 0.497 e. The molecule has 32 heavy (non-hydrogen) atoms. The Morgan fingerprint density at radius 1 is 1.00 bits per heavy atom. The predicted octanol–water partition coefficient (Wildman–Crippen LogP) is 4.56. The molecule has 0 bridgehead atoms. The van der Waals surface area contributed by atoms with E-state index in [9.17, 15) is 9.90 Å². The SMILES string of the molecule is COc1ccc(CC(NC(=O)Nc2ccc(-c3ccccc3)cc2)c2noc(O)n2)cc1. The lowest BCUT2D eigenvalue weighted by Crippen LogP contribution is -2.34. The van der Waals surface area contributed by atoms with Crippen molar-refractivity contribution in [2.24, 2.45) is 0 Å². The van der Waals surface area contributed by atoms with Crippen LogP contribution in [-0.4, -0.2) is 28.4 Å². The highest BCUT2D eigenvalue weighted by atomic mass is 16.6. The van der Waals surface area contributed by atoms with Gasteiger partial charge in [-0.1, -0.05) is 59.8 Å². The summed E-state index contributed by atoms with van der Waals surface area (Å²) in [4.78, 5) is 16.5. The van der Waals surface area contributed by atoms with Crippen LogP contribution < -0.4 is 15.4 Å². The zero-order valence-corrected chi connectivity index (χ0v) is 17.4. The van der Waals surface area contributed by atoms with Crippen LogP contribution in [0.5, 0.6) is 11.8 Å². The third-order valence-electron chi connectivity index (χ3n) is 4.90. The molecule has 8 nitrogen and oxygen atoms in total. The van der Waals surface area contributed by atoms with E-state index in [4.69, 9.17) is 4.74 Å². The van der Waals surface area contributed by atoms with Crippen molar-refractivity contribution in [3.8, 4) is 23.0 Å². The summed E-state index contributed by atoms with van der Waals surface area (Å²) in [6, 6.07) is 23.9. The molecule has 1 unspecified atom stereocenters. The molecule has 2 amide bonds. The van der Waals surface area contributed by atoms with Crippen LogP contribution in [0, 0.1) is 0 Å². The standard InChI is InChI=1S/C24H22N4O4/c1-31-20-13-7-16(8-14-20)15-21(22-27-24(30)32-28-22)26-23(29)25-19-11-9-18(10-12-19)17-5-3-2-4-6-17/h2-14,21H,15H2,1H3,(H2,25,26,29)(H,27,28,30). The van der Waals surface area contributed by atoms with Crippen LogP contribution in [0.1, 0.15) is 17.4 Å². The number of rotatable bonds is 7. The molecule has 0 aliphatic rings. The Morgan fingerprint density at radius 3 is 2.31 bits per heavy atom. The van der Waals surface area contributed by atoms with Crippen LogP contribution in [-0.2, 0) is 6.42 Å². The number of hydrogen-bond donors (Lipinski definition) is 3. The number of nitrogens with zero attached hydrogens (tertiary/aromatic N) is 2. The maximum absolute atomic E-state index is 12.7. The number of aromatic nitrogens is 2. The second kappa shape index (κ2) is 9.65. The molecular weight excluding hydrogens is 408 g/mol. The Morgan fingerprint density at radius 2 is 1.69 bits per heavy atom. The number of amides is 2. The number of carbonyl (C=O) groups is 1. The van der Waals surface area contributed by atoms with E-state index in [2.05, 4.69) is 25.3 Å². The molecule has 0 saturated heterocycles. The summed E-state index contributed by atoms with van der Waals surface area (Å²) < 4.78 is 9.85. The monoisotopic (exact) mass is 430 g/mol. The van der Waals surface area contributed by atoms with Gasteiger partial charge in [-0.3, -0.25) is 4.52 Å². The van der Waals surface area contributed by atoms with E-state index in [1.54, 1.807) is 7.11 Å². The van der Waals surface area contributed by atoms with Gasteiger partial charge in [0.15, 0.2) is 5.82 Å². The highest BCUT2D eigenvalue weighted by molar-refractivity contribution is 5.89. The number of urea groups is 1. The van der Waals surface area contributed by atoms with Crippen LogP contribution >= 0.6 is 0 Å². The van der Waals surface area contributed by atoms with Gasteiger partial charge in [0.05, 0.1) is 13.2 Å². The molecule has 0 radical (unpaired) electrons. The molecule has 1 heterocycles. The first-order chi connectivity index (χ1) is 15.6. The van der Waals surface area contributed by atoms with Gasteiger partial charge in [-0.25, -0.2) is 4.79 Å². The number of ether oxygens (including phenoxy) is 1. The Bertz CT molecular complexity index is 1160. The molecule has 0 fully saturated rings. The molecule has 4 aromatic rings. The molecule has 1 atom stereocenters. The summed E-state index contributed by atoms with van der Waals surface area (Å²) in [7, 11) is 1.60. The average Bonchev–Trinajstić information content (AvgIpc) is 3.26. The highest BCUT2D eigenvalue weighted by Crippen LogP contribution is 2.22. The first-order valence-electron chi connectivity index (χ1n) is 9.99. The molecule has 0 spiro atoms. The summed E-state index contributed by atoms with van der Waals surface area (Å²) in [6.07, 6.45) is -0.165. The van der Waals surface area contributed by atoms with Crippen molar-refractivity contribution in [1.82, 2.24) is 15.5 Å². The lowest BCUT2D eigenvalue weighted by Gasteiger charge is -2.16. The number of carbonyl (C=O) groups excluding carboxylic acids is 1. The minimum atomic E-state index is -0.614. The Balaban J connectivity index is 1.44. The van der Waals surface area contributed by atoms with Crippen molar-refractivity contribution < 1.29 is 19.2 Å². The number of anilines is 1. The van der Waals surface area contributed by atoms with Gasteiger partial charge in [0.25, 0.3) is 0 Å². The van der Waals surface area contributed by atoms with Crippen LogP contribution in [0.2, 0.25) is 0 Å². The first-order valence-corrected chi connectivity index (χ1v) is 9.99. The van der Waals surface area contributed by atoms with E-state index >= 15 is 0 Å². The summed E-state index contributed by atoms with van der Waals surface area (Å²) in [5, 5.41) is 18.8. The number of benzene rings is 3. The van der Waals surface area contributed by atoms with Gasteiger partial charge in [0.1, 0.15) is 5.75 Å². The fourth-order valence-corrected chi connectivity index (χ4v) is 3.27. The quantitative estimate of drug-likeness (QED) is 0.397. The Hall–Kier alpha value is -4.33. The van der Waals surface area contributed by atoms with Gasteiger partial charge in [-0.15, -0.1) is 0 Å². The van der Waals surface area contributed by atoms with E-state index in [0.717, 1.165) is 22.4 Å². The summed E-state index contributed by atoms with van der Waals surface area (Å²) in [6.45, 7) is 0. The summed E-state index contributed by atoms with van der Waals surface area (Å²) >= 11 is 0. The van der Waals surface area contributed by atoms with Crippen LogP contribution in [0.25, 0.3) is 11.1 Å². The van der Waals surface area contributed by atoms with Crippen molar-refractivity contribution in [3.63, 3.8) is 0 Å². The molecule has 0 aliphatic carbocycles. The van der Waals surface area contributed by atoms with Crippen LogP contribution in [0.3, 0.4) is 0 Å². The third-order valence-corrected chi connectivity index (χ3v) is 4.90. The molecule has 0 saturated carbocycles. The van der Waals surface area contributed by atoms with Gasteiger partial charge in [-0.2, -0.15) is 4.98 Å². The maximum Gasteiger partial charge on any atom is 0.414 e. The minimum Gasteiger partial charge on any atom is -0.497 e. The van der Waals surface area contributed by atoms with Crippen LogP contribution in [0.15, 0.2) is 83.4 Å². The Labute approximate surface area is 184 Å². The smallest absolute Gasteiger partial charge is 0.414 e. The lowest BCUT2D eigenvalue weighted by molar-refractivity contribution is 0.247. The normalized spacial score (nSPS) is 11.5. The summed E-state index contributed by atoms with van der Waals surface area (Å²) in [5.74, 6) is 0.903. The maximum atomic E-state index is 12.7. The third kappa shape index (κ3) is 5.23. The first kappa shape index (κ1) is 20.9. The molecule has 1 aromatic heterocycles. The van der Waals surface area contributed by atoms with Crippen molar-refractivity contribution in [1.29, 1.82) is 0 Å². The predicted molar refractivity (Wildman–Crippen MR) is 119 cm³/mol.